The summed E-state index contributed by atoms with van der Waals surface area (Å²) in [5.74, 6) is 0. The third-order valence-electron chi connectivity index (χ3n) is 8.01. The zero-order valence-corrected chi connectivity index (χ0v) is 23.9. The van der Waals surface area contributed by atoms with E-state index in [9.17, 15) is 15.8 Å². The standard InChI is InChI=1S/C40H21N5/c1-44-35-11-13-40-38(22-35)37-18-26(23-41)10-12-39(37)45(40)36-17-28(25-43)16-34(21-36)33-15-27(24-42)14-32(20-33)31-9-5-8-30(19-31)29-6-3-2-4-7-29/h2-22H. The third kappa shape index (κ3) is 4.84. The van der Waals surface area contributed by atoms with Crippen LogP contribution < -0.4 is 0 Å². The van der Waals surface area contributed by atoms with Gasteiger partial charge < -0.3 is 4.57 Å². The first-order valence-electron chi connectivity index (χ1n) is 14.2. The minimum atomic E-state index is 0.471. The van der Waals surface area contributed by atoms with Gasteiger partial charge in [0.2, 0.25) is 0 Å². The molecule has 6 aromatic carbocycles. The molecule has 0 unspecified atom stereocenters. The van der Waals surface area contributed by atoms with Gasteiger partial charge in [0.25, 0.3) is 0 Å². The van der Waals surface area contributed by atoms with E-state index in [4.69, 9.17) is 6.57 Å². The van der Waals surface area contributed by atoms with E-state index in [1.807, 2.05) is 84.9 Å². The summed E-state index contributed by atoms with van der Waals surface area (Å²) in [6, 6.07) is 47.8. The van der Waals surface area contributed by atoms with Gasteiger partial charge in [-0.05, 0) is 112 Å². The van der Waals surface area contributed by atoms with Crippen LogP contribution in [0.5, 0.6) is 0 Å². The van der Waals surface area contributed by atoms with Crippen LogP contribution in [0.3, 0.4) is 0 Å². The second kappa shape index (κ2) is 11.1. The highest BCUT2D eigenvalue weighted by Crippen LogP contribution is 2.37. The maximum Gasteiger partial charge on any atom is 0.188 e. The fourth-order valence-electron chi connectivity index (χ4n) is 5.93. The van der Waals surface area contributed by atoms with E-state index >= 15 is 0 Å². The predicted octanol–water partition coefficient (Wildman–Crippen LogP) is 9.95. The van der Waals surface area contributed by atoms with E-state index in [-0.39, 0.29) is 0 Å². The number of nitriles is 3. The van der Waals surface area contributed by atoms with E-state index in [1.54, 1.807) is 12.1 Å². The van der Waals surface area contributed by atoms with Crippen molar-refractivity contribution >= 4 is 27.5 Å². The van der Waals surface area contributed by atoms with Gasteiger partial charge in [-0.1, -0.05) is 54.6 Å². The predicted molar refractivity (Wildman–Crippen MR) is 177 cm³/mol. The number of hydrogen-bond acceptors (Lipinski definition) is 3. The van der Waals surface area contributed by atoms with Crippen molar-refractivity contribution in [1.82, 2.24) is 4.57 Å². The van der Waals surface area contributed by atoms with Crippen LogP contribution >= 0.6 is 0 Å². The molecule has 0 saturated carbocycles. The molecule has 7 aromatic rings. The molecule has 0 fully saturated rings. The first-order chi connectivity index (χ1) is 22.1. The van der Waals surface area contributed by atoms with Gasteiger partial charge in [0.05, 0.1) is 52.5 Å². The lowest BCUT2D eigenvalue weighted by atomic mass is 9.93. The van der Waals surface area contributed by atoms with E-state index in [1.165, 1.54) is 0 Å². The van der Waals surface area contributed by atoms with Crippen molar-refractivity contribution in [2.75, 3.05) is 0 Å². The number of benzene rings is 6. The summed E-state index contributed by atoms with van der Waals surface area (Å²) in [5, 5.41) is 31.4. The number of fused-ring (bicyclic) bond motifs is 3. The second-order valence-electron chi connectivity index (χ2n) is 10.7. The van der Waals surface area contributed by atoms with Crippen LogP contribution in [-0.4, -0.2) is 4.57 Å². The van der Waals surface area contributed by atoms with Gasteiger partial charge in [-0.2, -0.15) is 15.8 Å². The molecule has 0 aliphatic carbocycles. The Bertz CT molecular complexity index is 2400. The Morgan fingerprint density at radius 1 is 0.467 bits per heavy atom. The Morgan fingerprint density at radius 3 is 1.71 bits per heavy atom. The summed E-state index contributed by atoms with van der Waals surface area (Å²) in [7, 11) is 0. The van der Waals surface area contributed by atoms with E-state index in [2.05, 4.69) is 58.0 Å². The van der Waals surface area contributed by atoms with Crippen LogP contribution in [0.1, 0.15) is 16.7 Å². The lowest BCUT2D eigenvalue weighted by molar-refractivity contribution is 1.18. The van der Waals surface area contributed by atoms with Crippen LogP contribution in [-0.2, 0) is 0 Å². The highest BCUT2D eigenvalue weighted by atomic mass is 15.0. The van der Waals surface area contributed by atoms with Crippen LogP contribution in [0.15, 0.2) is 127 Å². The van der Waals surface area contributed by atoms with Gasteiger partial charge in [-0.25, -0.2) is 4.85 Å². The van der Waals surface area contributed by atoms with Crippen molar-refractivity contribution in [3.05, 3.63) is 156 Å². The molecule has 45 heavy (non-hydrogen) atoms. The Hall–Kier alpha value is -6.92. The summed E-state index contributed by atoms with van der Waals surface area (Å²) in [6.07, 6.45) is 0. The zero-order valence-electron chi connectivity index (χ0n) is 23.9. The van der Waals surface area contributed by atoms with E-state index in [0.29, 0.717) is 22.4 Å². The Labute approximate surface area is 260 Å². The Morgan fingerprint density at radius 2 is 1.02 bits per heavy atom. The molecule has 0 N–H and O–H groups in total. The van der Waals surface area contributed by atoms with Crippen molar-refractivity contribution < 1.29 is 0 Å². The monoisotopic (exact) mass is 571 g/mol. The molecule has 206 valence electrons. The molecule has 0 saturated heterocycles. The van der Waals surface area contributed by atoms with Crippen molar-refractivity contribution in [3.63, 3.8) is 0 Å². The van der Waals surface area contributed by atoms with Gasteiger partial charge in [0.15, 0.2) is 5.69 Å². The van der Waals surface area contributed by atoms with Crippen LogP contribution in [0.25, 0.3) is 65.7 Å². The molecule has 0 bridgehead atoms. The minimum Gasteiger partial charge on any atom is -0.309 e. The maximum atomic E-state index is 10.1. The molecule has 5 heteroatoms. The average Bonchev–Trinajstić information content (AvgIpc) is 3.44. The van der Waals surface area contributed by atoms with Crippen molar-refractivity contribution in [2.24, 2.45) is 0 Å². The molecule has 0 radical (unpaired) electrons. The quantitative estimate of drug-likeness (QED) is 0.197. The molecule has 0 atom stereocenters. The van der Waals surface area contributed by atoms with E-state index in [0.717, 1.165) is 60.9 Å². The SMILES string of the molecule is [C-]#[N+]c1ccc2c(c1)c1cc(C#N)ccc1n2-c1cc(C#N)cc(-c2cc(C#N)cc(-c3cccc(-c4ccccc4)c3)c2)c1. The van der Waals surface area contributed by atoms with Crippen LogP contribution in [0, 0.1) is 40.6 Å². The maximum absolute atomic E-state index is 10.1. The first-order valence-corrected chi connectivity index (χ1v) is 14.2. The zero-order chi connectivity index (χ0) is 30.9. The molecule has 7 rings (SSSR count). The topological polar surface area (TPSA) is 80.7 Å². The first kappa shape index (κ1) is 26.9. The molecule has 5 nitrogen and oxygen atoms in total. The van der Waals surface area contributed by atoms with Gasteiger partial charge in [-0.15, -0.1) is 0 Å². The normalized spacial score (nSPS) is 10.6. The van der Waals surface area contributed by atoms with Gasteiger partial charge in [0.1, 0.15) is 0 Å². The van der Waals surface area contributed by atoms with Gasteiger partial charge in [0, 0.05) is 11.1 Å². The molecule has 1 heterocycles. The molecular formula is C40H21N5. The fraction of sp³-hybridized carbons (Fsp3) is 0. The van der Waals surface area contributed by atoms with Gasteiger partial charge >= 0.3 is 0 Å². The summed E-state index contributed by atoms with van der Waals surface area (Å²) in [5.41, 5.74) is 10.2. The minimum absolute atomic E-state index is 0.471. The third-order valence-corrected chi connectivity index (χ3v) is 8.01. The Balaban J connectivity index is 1.43. The van der Waals surface area contributed by atoms with Crippen LogP contribution in [0.4, 0.5) is 5.69 Å². The van der Waals surface area contributed by atoms with Gasteiger partial charge in [-0.3, -0.25) is 0 Å². The highest BCUT2D eigenvalue weighted by Gasteiger charge is 2.16. The van der Waals surface area contributed by atoms with Crippen molar-refractivity contribution in [1.29, 1.82) is 15.8 Å². The molecule has 0 amide bonds. The smallest absolute Gasteiger partial charge is 0.188 e. The van der Waals surface area contributed by atoms with Crippen molar-refractivity contribution in [3.8, 4) is 57.3 Å². The lowest BCUT2D eigenvalue weighted by Crippen LogP contribution is -1.96. The molecule has 1 aromatic heterocycles. The summed E-state index contributed by atoms with van der Waals surface area (Å²) < 4.78 is 2.06. The number of rotatable bonds is 4. The molecule has 0 aliphatic heterocycles. The highest BCUT2D eigenvalue weighted by molar-refractivity contribution is 6.10. The lowest BCUT2D eigenvalue weighted by Gasteiger charge is -2.13. The van der Waals surface area contributed by atoms with Crippen molar-refractivity contribution in [2.45, 2.75) is 0 Å². The number of aromatic nitrogens is 1. The Kier molecular flexibility index (Phi) is 6.62. The summed E-state index contributed by atoms with van der Waals surface area (Å²) >= 11 is 0. The molecule has 0 spiro atoms. The second-order valence-corrected chi connectivity index (χ2v) is 10.7. The largest absolute Gasteiger partial charge is 0.309 e. The summed E-state index contributed by atoms with van der Waals surface area (Å²) in [6.45, 7) is 7.53. The van der Waals surface area contributed by atoms with Crippen LogP contribution in [0.2, 0.25) is 0 Å². The average molecular weight is 572 g/mol. The van der Waals surface area contributed by atoms with E-state index < -0.39 is 0 Å². The number of hydrogen-bond donors (Lipinski definition) is 0. The summed E-state index contributed by atoms with van der Waals surface area (Å²) in [4.78, 5) is 3.61. The number of nitrogens with zero attached hydrogens (tertiary/aromatic N) is 5. The molecule has 0 aliphatic rings. The molecular weight excluding hydrogens is 550 g/mol. The fourth-order valence-corrected chi connectivity index (χ4v) is 5.93.